The van der Waals surface area contributed by atoms with Crippen molar-refractivity contribution < 1.29 is 29.1 Å². The number of carbonyl (C=O) groups excluding carboxylic acids is 3. The summed E-state index contributed by atoms with van der Waals surface area (Å²) in [5, 5.41) is 32.2. The fourth-order valence-corrected chi connectivity index (χ4v) is 7.24. The zero-order chi connectivity index (χ0) is 28.9. The number of oxime groups is 1. The Morgan fingerprint density at radius 1 is 1.39 bits per heavy atom. The first-order valence-electron chi connectivity index (χ1n) is 12.2. The van der Waals surface area contributed by atoms with Gasteiger partial charge < -0.3 is 20.6 Å². The van der Waals surface area contributed by atoms with Gasteiger partial charge in [-0.1, -0.05) is 29.1 Å². The molecular formula is C23H23N9O6S3. The predicted molar refractivity (Wildman–Crippen MR) is 150 cm³/mol. The van der Waals surface area contributed by atoms with Crippen molar-refractivity contribution in [3.8, 4) is 0 Å². The molecule has 15 nitrogen and oxygen atoms in total. The third-order valence-electron chi connectivity index (χ3n) is 6.11. The molecule has 0 radical (unpaired) electrons. The quantitative estimate of drug-likeness (QED) is 0.0718. The number of thioether (sulfide) groups is 2. The molecule has 3 N–H and O–H groups in total. The first kappa shape index (κ1) is 28.5. The zero-order valence-corrected chi connectivity index (χ0v) is 23.7. The molecule has 214 valence electrons. The molecule has 5 rings (SSSR count). The summed E-state index contributed by atoms with van der Waals surface area (Å²) in [6.45, 7) is 4.06. The van der Waals surface area contributed by atoms with Crippen LogP contribution in [-0.4, -0.2) is 94.1 Å². The highest BCUT2D eigenvalue weighted by Crippen LogP contribution is 2.41. The SMILES string of the molecule is C=CCn1nnnc1SCC1=C(C(=O)O)N2C(=O)C(NC(=O)/C(=N\OC3C=CCC3)c3csc(NC=O)n3)[C@H]2SC1. The van der Waals surface area contributed by atoms with E-state index in [1.807, 2.05) is 12.2 Å². The minimum absolute atomic E-state index is 0.117. The van der Waals surface area contributed by atoms with Crippen molar-refractivity contribution in [1.29, 1.82) is 0 Å². The molecule has 18 heteroatoms. The summed E-state index contributed by atoms with van der Waals surface area (Å²) >= 11 is 3.68. The van der Waals surface area contributed by atoms with Crippen LogP contribution in [0.2, 0.25) is 0 Å². The van der Waals surface area contributed by atoms with Crippen molar-refractivity contribution in [3.05, 3.63) is 47.2 Å². The number of thiazole rings is 1. The lowest BCUT2D eigenvalue weighted by molar-refractivity contribution is -0.150. The van der Waals surface area contributed by atoms with Gasteiger partial charge in [-0.15, -0.1) is 34.8 Å². The number of nitrogens with one attached hydrogen (secondary N) is 2. The monoisotopic (exact) mass is 617 g/mol. The van der Waals surface area contributed by atoms with E-state index in [2.05, 4.69) is 42.9 Å². The number of rotatable bonds is 13. The Morgan fingerprint density at radius 2 is 2.24 bits per heavy atom. The van der Waals surface area contributed by atoms with E-state index in [4.69, 9.17) is 4.84 Å². The van der Waals surface area contributed by atoms with E-state index in [1.165, 1.54) is 38.5 Å². The van der Waals surface area contributed by atoms with Gasteiger partial charge in [0.1, 0.15) is 28.9 Å². The second-order valence-electron chi connectivity index (χ2n) is 8.73. The molecule has 1 fully saturated rings. The number of nitrogens with zero attached hydrogens (tertiary/aromatic N) is 7. The van der Waals surface area contributed by atoms with E-state index < -0.39 is 29.2 Å². The molecule has 0 saturated carbocycles. The summed E-state index contributed by atoms with van der Waals surface area (Å²) in [7, 11) is 0. The Hall–Kier alpha value is -4.03. The van der Waals surface area contributed by atoms with Crippen LogP contribution in [-0.2, 0) is 30.6 Å². The number of carboxylic acid groups (broad SMARTS) is 1. The molecule has 0 bridgehead atoms. The van der Waals surface area contributed by atoms with E-state index in [1.54, 1.807) is 6.08 Å². The lowest BCUT2D eigenvalue weighted by atomic mass is 10.0. The molecule has 2 aromatic heterocycles. The van der Waals surface area contributed by atoms with Gasteiger partial charge in [0.25, 0.3) is 11.8 Å². The lowest BCUT2D eigenvalue weighted by Gasteiger charge is -2.49. The third-order valence-corrected chi connectivity index (χ3v) is 9.26. The number of anilines is 1. The molecule has 3 aliphatic rings. The highest BCUT2D eigenvalue weighted by atomic mass is 32.2. The van der Waals surface area contributed by atoms with Crippen LogP contribution < -0.4 is 10.6 Å². The first-order valence-corrected chi connectivity index (χ1v) is 15.1. The van der Waals surface area contributed by atoms with Crippen LogP contribution in [0.3, 0.4) is 0 Å². The van der Waals surface area contributed by atoms with Gasteiger partial charge in [-0.3, -0.25) is 19.3 Å². The number of aliphatic carboxylic acids is 1. The van der Waals surface area contributed by atoms with Crippen molar-refractivity contribution in [2.45, 2.75) is 42.1 Å². The Labute approximate surface area is 245 Å². The summed E-state index contributed by atoms with van der Waals surface area (Å²) in [4.78, 5) is 60.5. The molecule has 1 aliphatic carbocycles. The maximum atomic E-state index is 13.3. The highest BCUT2D eigenvalue weighted by molar-refractivity contribution is 8.01. The van der Waals surface area contributed by atoms with Crippen LogP contribution in [0, 0.1) is 0 Å². The maximum absolute atomic E-state index is 13.3. The lowest BCUT2D eigenvalue weighted by Crippen LogP contribution is -2.71. The number of fused-ring (bicyclic) bond motifs is 1. The van der Waals surface area contributed by atoms with Gasteiger partial charge in [0.2, 0.25) is 11.6 Å². The zero-order valence-electron chi connectivity index (χ0n) is 21.2. The Kier molecular flexibility index (Phi) is 8.79. The summed E-state index contributed by atoms with van der Waals surface area (Å²) < 4.78 is 1.53. The Morgan fingerprint density at radius 3 is 2.98 bits per heavy atom. The van der Waals surface area contributed by atoms with Crippen LogP contribution in [0.15, 0.2) is 51.8 Å². The Bertz CT molecular complexity index is 1470. The molecule has 0 aromatic carbocycles. The predicted octanol–water partition coefficient (Wildman–Crippen LogP) is 0.854. The topological polar surface area (TPSA) is 194 Å². The number of hydrogen-bond donors (Lipinski definition) is 3. The van der Waals surface area contributed by atoms with Crippen molar-refractivity contribution in [1.82, 2.24) is 35.4 Å². The van der Waals surface area contributed by atoms with E-state index in [9.17, 15) is 24.3 Å². The number of β-lactam (4-membered cyclic amide) rings is 1. The van der Waals surface area contributed by atoms with E-state index in [0.717, 1.165) is 17.8 Å². The summed E-state index contributed by atoms with van der Waals surface area (Å²) in [5.74, 6) is -1.95. The third kappa shape index (κ3) is 6.03. The molecule has 2 unspecified atom stereocenters. The maximum Gasteiger partial charge on any atom is 0.352 e. The molecule has 0 spiro atoms. The second-order valence-corrected chi connectivity index (χ2v) is 11.6. The minimum atomic E-state index is -1.24. The number of carbonyl (C=O) groups is 4. The summed E-state index contributed by atoms with van der Waals surface area (Å²) in [6.07, 6.45) is 7.10. The number of aromatic nitrogens is 5. The van der Waals surface area contributed by atoms with Crippen LogP contribution in [0.1, 0.15) is 18.5 Å². The van der Waals surface area contributed by atoms with Gasteiger partial charge in [0.05, 0.1) is 6.54 Å². The number of hydrogen-bond acceptors (Lipinski definition) is 13. The average molecular weight is 618 g/mol. The van der Waals surface area contributed by atoms with E-state index in [-0.39, 0.29) is 34.1 Å². The van der Waals surface area contributed by atoms with Crippen molar-refractivity contribution in [2.75, 3.05) is 16.8 Å². The smallest absolute Gasteiger partial charge is 0.352 e. The standard InChI is InChI=1S/C23H23N9O6S3/c1-2-7-31-23(27-29-30-31)41-9-12-8-39-20-16(19(35)32(20)17(12)21(36)37)26-18(34)15(28-38-13-5-3-4-6-13)14-10-40-22(25-14)24-11-33/h2-3,5,10-11,13,16,20H,1,4,6-9H2,(H,26,34)(H,36,37)(H,24,25,33)/b28-15-/t13?,16?,20-/m1/s1. The molecule has 3 amide bonds. The van der Waals surface area contributed by atoms with Gasteiger partial charge in [-0.25, -0.2) is 14.5 Å². The average Bonchev–Trinajstić information content (AvgIpc) is 3.74. The first-order chi connectivity index (χ1) is 19.9. The second kappa shape index (κ2) is 12.6. The van der Waals surface area contributed by atoms with E-state index >= 15 is 0 Å². The molecule has 4 heterocycles. The summed E-state index contributed by atoms with van der Waals surface area (Å²) in [6, 6.07) is -0.987. The number of tetrazole rings is 1. The van der Waals surface area contributed by atoms with Gasteiger partial charge >= 0.3 is 5.97 Å². The molecule has 2 aromatic rings. The van der Waals surface area contributed by atoms with Gasteiger partial charge in [-0.05, 0) is 34.9 Å². The largest absolute Gasteiger partial charge is 0.477 e. The number of amides is 3. The molecular weight excluding hydrogens is 595 g/mol. The van der Waals surface area contributed by atoms with Crippen LogP contribution in [0.5, 0.6) is 0 Å². The van der Waals surface area contributed by atoms with Crippen molar-refractivity contribution >= 4 is 69.9 Å². The van der Waals surface area contributed by atoms with Gasteiger partial charge in [-0.2, -0.15) is 0 Å². The number of allylic oxidation sites excluding steroid dienone is 2. The molecule has 2 aliphatic heterocycles. The van der Waals surface area contributed by atoms with Crippen LogP contribution in [0.4, 0.5) is 5.13 Å². The fourth-order valence-electron chi connectivity index (χ4n) is 4.21. The van der Waals surface area contributed by atoms with Gasteiger partial charge in [0, 0.05) is 16.9 Å². The van der Waals surface area contributed by atoms with Crippen molar-refractivity contribution in [3.63, 3.8) is 0 Å². The molecule has 1 saturated heterocycles. The highest BCUT2D eigenvalue weighted by Gasteiger charge is 2.54. The van der Waals surface area contributed by atoms with Gasteiger partial charge in [0.15, 0.2) is 10.8 Å². The van der Waals surface area contributed by atoms with Crippen LogP contribution in [0.25, 0.3) is 0 Å². The van der Waals surface area contributed by atoms with Crippen molar-refractivity contribution in [2.24, 2.45) is 5.16 Å². The number of carboxylic acids is 1. The summed E-state index contributed by atoms with van der Waals surface area (Å²) in [5.41, 5.74) is 0.403. The molecule has 41 heavy (non-hydrogen) atoms. The Balaban J connectivity index is 1.31. The minimum Gasteiger partial charge on any atom is -0.477 e. The fraction of sp³-hybridized carbons (Fsp3) is 0.348. The normalized spacial score (nSPS) is 21.8. The van der Waals surface area contributed by atoms with E-state index in [0.29, 0.717) is 35.9 Å². The molecule has 3 atom stereocenters. The van der Waals surface area contributed by atoms with Crippen LogP contribution >= 0.6 is 34.9 Å².